The molecule has 1 unspecified atom stereocenters. The van der Waals surface area contributed by atoms with E-state index in [1.165, 1.54) is 12.5 Å². The quantitative estimate of drug-likeness (QED) is 0.558. The molecule has 1 saturated carbocycles. The van der Waals surface area contributed by atoms with Crippen LogP contribution in [0.4, 0.5) is 4.39 Å². The number of rotatable bonds is 8. The van der Waals surface area contributed by atoms with Crippen LogP contribution in [0.15, 0.2) is 41.3 Å². The van der Waals surface area contributed by atoms with Gasteiger partial charge in [0.15, 0.2) is 6.39 Å². The van der Waals surface area contributed by atoms with E-state index < -0.39 is 11.9 Å². The van der Waals surface area contributed by atoms with Crippen molar-refractivity contribution in [1.29, 1.82) is 0 Å². The monoisotopic (exact) mass is 454 g/mol. The van der Waals surface area contributed by atoms with Crippen LogP contribution in [-0.2, 0) is 16.1 Å². The molecule has 1 aliphatic heterocycles. The Kier molecular flexibility index (Phi) is 6.19. The predicted octanol–water partition coefficient (Wildman–Crippen LogP) is 2.53. The van der Waals surface area contributed by atoms with Crippen LogP contribution in [0.1, 0.15) is 43.0 Å². The van der Waals surface area contributed by atoms with Crippen molar-refractivity contribution < 1.29 is 18.3 Å². The zero-order valence-corrected chi connectivity index (χ0v) is 18.5. The first-order chi connectivity index (χ1) is 16.1. The van der Waals surface area contributed by atoms with Crippen LogP contribution in [0, 0.1) is 5.82 Å². The zero-order chi connectivity index (χ0) is 22.8. The predicted molar refractivity (Wildman–Crippen MR) is 117 cm³/mol. The summed E-state index contributed by atoms with van der Waals surface area (Å²) in [5, 5.41) is 11.5. The third-order valence-electron chi connectivity index (χ3n) is 6.03. The first-order valence-corrected chi connectivity index (χ1v) is 11.3. The van der Waals surface area contributed by atoms with Gasteiger partial charge in [-0.25, -0.2) is 14.1 Å². The van der Waals surface area contributed by atoms with Gasteiger partial charge >= 0.3 is 0 Å². The van der Waals surface area contributed by atoms with Crippen molar-refractivity contribution in [3.63, 3.8) is 0 Å². The molecule has 0 radical (unpaired) electrons. The zero-order valence-electron chi connectivity index (χ0n) is 18.5. The van der Waals surface area contributed by atoms with Crippen molar-refractivity contribution in [3.8, 4) is 11.4 Å². The molecule has 1 N–H and O–H groups in total. The van der Waals surface area contributed by atoms with Crippen LogP contribution in [0.25, 0.3) is 11.4 Å². The van der Waals surface area contributed by atoms with Crippen LogP contribution in [0.5, 0.6) is 0 Å². The van der Waals surface area contributed by atoms with E-state index in [1.807, 2.05) is 18.0 Å². The summed E-state index contributed by atoms with van der Waals surface area (Å²) < 4.78 is 27.2. The van der Waals surface area contributed by atoms with E-state index in [-0.39, 0.29) is 11.9 Å². The Labute approximate surface area is 190 Å². The molecular weight excluding hydrogens is 427 g/mol. The molecular formula is C23H27FN6O3. The number of nitrogens with one attached hydrogen (secondary N) is 1. The van der Waals surface area contributed by atoms with E-state index in [0.717, 1.165) is 24.3 Å². The fourth-order valence-corrected chi connectivity index (χ4v) is 4.26. The van der Waals surface area contributed by atoms with Gasteiger partial charge < -0.3 is 14.5 Å². The molecule has 2 aromatic heterocycles. The van der Waals surface area contributed by atoms with Gasteiger partial charge in [-0.15, -0.1) is 5.10 Å². The van der Waals surface area contributed by atoms with Crippen LogP contribution in [0.3, 0.4) is 0 Å². The highest BCUT2D eigenvalue weighted by molar-refractivity contribution is 5.83. The number of oxazole rings is 1. The highest BCUT2D eigenvalue weighted by atomic mass is 19.1. The average Bonchev–Trinajstić information content (AvgIpc) is 3.35. The minimum Gasteiger partial charge on any atom is -0.447 e. The lowest BCUT2D eigenvalue weighted by Crippen LogP contribution is -2.48. The maximum absolute atomic E-state index is 14.6. The topological polar surface area (TPSA) is 98.3 Å². The van der Waals surface area contributed by atoms with Gasteiger partial charge in [0.25, 0.3) is 0 Å². The smallest absolute Gasteiger partial charge is 0.242 e. The highest BCUT2D eigenvalue weighted by Gasteiger charge is 2.33. The Morgan fingerprint density at radius 1 is 1.27 bits per heavy atom. The number of halogens is 1. The fraction of sp³-hybridized carbons (Fsp3) is 0.478. The molecule has 1 saturated heterocycles. The maximum Gasteiger partial charge on any atom is 0.242 e. The highest BCUT2D eigenvalue weighted by Crippen LogP contribution is 2.43. The largest absolute Gasteiger partial charge is 0.447 e. The van der Waals surface area contributed by atoms with Gasteiger partial charge in [-0.1, -0.05) is 23.4 Å². The lowest BCUT2D eigenvalue weighted by Gasteiger charge is -2.34. The Morgan fingerprint density at radius 3 is 2.82 bits per heavy atom. The Hall–Kier alpha value is -3.11. The van der Waals surface area contributed by atoms with E-state index >= 15 is 0 Å². The second kappa shape index (κ2) is 9.40. The summed E-state index contributed by atoms with van der Waals surface area (Å²) in [6, 6.07) is 5.46. The summed E-state index contributed by atoms with van der Waals surface area (Å²) in [5.74, 6) is 0.641. The van der Waals surface area contributed by atoms with Crippen molar-refractivity contribution in [3.05, 3.63) is 54.0 Å². The molecule has 1 amide bonds. The van der Waals surface area contributed by atoms with Gasteiger partial charge in [0.1, 0.15) is 29.0 Å². The van der Waals surface area contributed by atoms with Crippen molar-refractivity contribution in [2.24, 2.45) is 0 Å². The van der Waals surface area contributed by atoms with Crippen molar-refractivity contribution in [2.45, 2.75) is 44.3 Å². The third kappa shape index (κ3) is 4.81. The average molecular weight is 455 g/mol. The summed E-state index contributed by atoms with van der Waals surface area (Å²) in [7, 11) is 0. The third-order valence-corrected chi connectivity index (χ3v) is 6.03. The number of hydrogen-bond acceptors (Lipinski definition) is 7. The summed E-state index contributed by atoms with van der Waals surface area (Å²) in [6.45, 7) is 4.47. The van der Waals surface area contributed by atoms with E-state index in [2.05, 4.69) is 20.6 Å². The maximum atomic E-state index is 14.6. The van der Waals surface area contributed by atoms with Crippen LogP contribution in [0.2, 0.25) is 0 Å². The number of morpholine rings is 1. The summed E-state index contributed by atoms with van der Waals surface area (Å²) >= 11 is 0. The Bertz CT molecular complexity index is 1110. The van der Waals surface area contributed by atoms with Crippen molar-refractivity contribution >= 4 is 5.91 Å². The molecule has 3 heterocycles. The normalized spacial score (nSPS) is 18.7. The lowest BCUT2D eigenvalue weighted by molar-refractivity contribution is -0.129. The summed E-state index contributed by atoms with van der Waals surface area (Å²) in [4.78, 5) is 19.5. The molecule has 9 nitrogen and oxygen atoms in total. The van der Waals surface area contributed by atoms with Gasteiger partial charge in [0.05, 0.1) is 26.0 Å². The molecule has 10 heteroatoms. The van der Waals surface area contributed by atoms with E-state index in [9.17, 15) is 9.18 Å². The molecule has 2 atom stereocenters. The summed E-state index contributed by atoms with van der Waals surface area (Å²) in [5.41, 5.74) is 1.75. The SMILES string of the molecule is C[C@@H](Cn1cc(-c2ncoc2C2CC2)nn1)NC(=O)C(c1ccccc1F)N1CCOCC1. The molecule has 3 aromatic rings. The van der Waals surface area contributed by atoms with Crippen LogP contribution < -0.4 is 5.32 Å². The fourth-order valence-electron chi connectivity index (χ4n) is 4.26. The number of benzene rings is 1. The number of hydrogen-bond donors (Lipinski definition) is 1. The van der Waals surface area contributed by atoms with E-state index in [4.69, 9.17) is 9.15 Å². The molecule has 0 bridgehead atoms. The van der Waals surface area contributed by atoms with Gasteiger partial charge in [0, 0.05) is 30.6 Å². The number of carbonyl (C=O) groups is 1. The first-order valence-electron chi connectivity index (χ1n) is 11.3. The molecule has 2 fully saturated rings. The second-order valence-electron chi connectivity index (χ2n) is 8.65. The number of nitrogens with zero attached hydrogens (tertiary/aromatic N) is 5. The van der Waals surface area contributed by atoms with Gasteiger partial charge in [-0.05, 0) is 25.8 Å². The number of carbonyl (C=O) groups excluding carboxylic acids is 1. The number of ether oxygens (including phenoxy) is 1. The molecule has 0 spiro atoms. The standard InChI is InChI=1S/C23H27FN6O3/c1-15(12-30-13-19(27-28-30)20-22(16-6-7-16)33-14-25-20)26-23(31)21(29-8-10-32-11-9-29)17-4-2-3-5-18(17)24/h2-5,13-16,21H,6-12H2,1H3,(H,26,31)/t15-,21?/m0/s1. The van der Waals surface area contributed by atoms with Crippen molar-refractivity contribution in [1.82, 2.24) is 30.2 Å². The van der Waals surface area contributed by atoms with E-state index in [0.29, 0.717) is 50.0 Å². The van der Waals surface area contributed by atoms with Gasteiger partial charge in [0.2, 0.25) is 5.91 Å². The Balaban J connectivity index is 1.27. The molecule has 174 valence electrons. The summed E-state index contributed by atoms with van der Waals surface area (Å²) in [6.07, 6.45) is 5.46. The minimum atomic E-state index is -0.722. The molecule has 5 rings (SSSR count). The van der Waals surface area contributed by atoms with E-state index in [1.54, 1.807) is 22.9 Å². The molecule has 1 aromatic carbocycles. The minimum absolute atomic E-state index is 0.248. The molecule has 33 heavy (non-hydrogen) atoms. The number of aromatic nitrogens is 4. The lowest BCUT2D eigenvalue weighted by atomic mass is 10.0. The number of amides is 1. The van der Waals surface area contributed by atoms with Crippen molar-refractivity contribution in [2.75, 3.05) is 26.3 Å². The molecule has 1 aliphatic carbocycles. The molecule has 2 aliphatic rings. The second-order valence-corrected chi connectivity index (χ2v) is 8.65. The van der Waals surface area contributed by atoms with Crippen LogP contribution >= 0.6 is 0 Å². The Morgan fingerprint density at radius 2 is 2.06 bits per heavy atom. The van der Waals surface area contributed by atoms with Gasteiger partial charge in [-0.2, -0.15) is 0 Å². The first kappa shape index (κ1) is 21.7. The van der Waals surface area contributed by atoms with Gasteiger partial charge in [-0.3, -0.25) is 9.69 Å². The van der Waals surface area contributed by atoms with Crippen LogP contribution in [-0.4, -0.2) is 63.1 Å².